The molecule has 0 fully saturated rings. The predicted molar refractivity (Wildman–Crippen MR) is 104 cm³/mol. The van der Waals surface area contributed by atoms with Gasteiger partial charge in [0.15, 0.2) is 0 Å². The van der Waals surface area contributed by atoms with E-state index in [-0.39, 0.29) is 28.9 Å². The fourth-order valence-electron chi connectivity index (χ4n) is 2.39. The predicted octanol–water partition coefficient (Wildman–Crippen LogP) is 3.57. The van der Waals surface area contributed by atoms with E-state index in [9.17, 15) is 12.8 Å². The van der Waals surface area contributed by atoms with E-state index in [1.54, 1.807) is 24.4 Å². The number of sulfonamides is 1. The zero-order valence-corrected chi connectivity index (χ0v) is 16.9. The van der Waals surface area contributed by atoms with Crippen LogP contribution >= 0.6 is 27.5 Å². The van der Waals surface area contributed by atoms with Crippen LogP contribution in [0.2, 0.25) is 5.02 Å². The number of hydrogen-bond donors (Lipinski definition) is 3. The topological polar surface area (TPSA) is 95.1 Å². The minimum Gasteiger partial charge on any atom is -0.395 e. The first-order chi connectivity index (χ1) is 12.8. The lowest BCUT2D eigenvalue weighted by molar-refractivity contribution is 0.301. The van der Waals surface area contributed by atoms with Crippen molar-refractivity contribution in [2.45, 2.75) is 4.90 Å². The number of aliphatic hydroxyl groups excluding tert-OH is 1. The van der Waals surface area contributed by atoms with E-state index in [4.69, 9.17) is 16.7 Å². The minimum absolute atomic E-state index is 0.0541. The molecule has 0 bridgehead atoms. The van der Waals surface area contributed by atoms with Crippen LogP contribution in [-0.2, 0) is 10.0 Å². The molecule has 1 aromatic heterocycles. The number of H-pyrrole nitrogens is 1. The monoisotopic (exact) mass is 473 g/mol. The van der Waals surface area contributed by atoms with Crippen molar-refractivity contribution in [1.82, 2.24) is 14.7 Å². The van der Waals surface area contributed by atoms with Crippen LogP contribution in [-0.4, -0.2) is 36.6 Å². The number of aliphatic hydroxyl groups is 1. The van der Waals surface area contributed by atoms with Gasteiger partial charge in [0.25, 0.3) is 0 Å². The zero-order chi connectivity index (χ0) is 19.6. The van der Waals surface area contributed by atoms with Crippen molar-refractivity contribution in [2.75, 3.05) is 13.2 Å². The molecule has 0 unspecified atom stereocenters. The van der Waals surface area contributed by atoms with Gasteiger partial charge in [0, 0.05) is 17.7 Å². The maximum Gasteiger partial charge on any atom is 0.242 e. The van der Waals surface area contributed by atoms with Crippen LogP contribution in [0.5, 0.6) is 0 Å². The van der Waals surface area contributed by atoms with Crippen molar-refractivity contribution in [1.29, 1.82) is 0 Å². The molecule has 0 radical (unpaired) electrons. The van der Waals surface area contributed by atoms with Gasteiger partial charge >= 0.3 is 0 Å². The van der Waals surface area contributed by atoms with E-state index in [2.05, 4.69) is 30.6 Å². The molecule has 0 amide bonds. The number of nitrogens with zero attached hydrogens (tertiary/aromatic N) is 1. The van der Waals surface area contributed by atoms with Crippen LogP contribution in [0.1, 0.15) is 0 Å². The van der Waals surface area contributed by atoms with Crippen LogP contribution in [0.4, 0.5) is 4.39 Å². The van der Waals surface area contributed by atoms with Crippen molar-refractivity contribution in [3.63, 3.8) is 0 Å². The third-order valence-corrected chi connectivity index (χ3v) is 6.25. The van der Waals surface area contributed by atoms with Gasteiger partial charge in [-0.2, -0.15) is 0 Å². The first kappa shape index (κ1) is 20.0. The largest absolute Gasteiger partial charge is 0.395 e. The van der Waals surface area contributed by atoms with Crippen LogP contribution in [0.3, 0.4) is 0 Å². The molecule has 0 spiro atoms. The average Bonchev–Trinajstić information content (AvgIpc) is 3.12. The number of aromatic amines is 1. The summed E-state index contributed by atoms with van der Waals surface area (Å²) in [5.41, 5.74) is 1.87. The first-order valence-electron chi connectivity index (χ1n) is 7.72. The molecule has 0 aliphatic carbocycles. The molecule has 0 aliphatic rings. The van der Waals surface area contributed by atoms with Crippen molar-refractivity contribution < 1.29 is 17.9 Å². The molecule has 3 aromatic rings. The van der Waals surface area contributed by atoms with Crippen LogP contribution in [0.25, 0.3) is 22.6 Å². The second-order valence-electron chi connectivity index (χ2n) is 5.54. The zero-order valence-electron chi connectivity index (χ0n) is 13.7. The number of nitrogens with one attached hydrogen (secondary N) is 2. The summed E-state index contributed by atoms with van der Waals surface area (Å²) in [6, 6.07) is 9.04. The lowest BCUT2D eigenvalue weighted by atomic mass is 10.2. The molecule has 27 heavy (non-hydrogen) atoms. The second kappa shape index (κ2) is 8.07. The molecule has 0 saturated heterocycles. The number of hydrogen-bond acceptors (Lipinski definition) is 4. The van der Waals surface area contributed by atoms with Gasteiger partial charge in [-0.25, -0.2) is 22.5 Å². The third kappa shape index (κ3) is 4.39. The lowest BCUT2D eigenvalue weighted by Gasteiger charge is -2.08. The van der Waals surface area contributed by atoms with Gasteiger partial charge < -0.3 is 10.1 Å². The maximum atomic E-state index is 13.4. The normalized spacial score (nSPS) is 11.7. The van der Waals surface area contributed by atoms with E-state index in [1.807, 2.05) is 0 Å². The molecular formula is C17H14BrClFN3O3S. The van der Waals surface area contributed by atoms with Crippen molar-refractivity contribution >= 4 is 37.6 Å². The van der Waals surface area contributed by atoms with E-state index >= 15 is 0 Å². The average molecular weight is 475 g/mol. The molecular weight excluding hydrogens is 461 g/mol. The molecule has 10 heteroatoms. The molecule has 2 aromatic carbocycles. The Labute approximate surface area is 168 Å². The summed E-state index contributed by atoms with van der Waals surface area (Å²) in [6.45, 7) is -0.446. The quantitative estimate of drug-likeness (QED) is 0.509. The van der Waals surface area contributed by atoms with Gasteiger partial charge in [0.2, 0.25) is 10.0 Å². The Bertz CT molecular complexity index is 1090. The molecule has 3 rings (SSSR count). The van der Waals surface area contributed by atoms with Gasteiger partial charge in [-0.15, -0.1) is 0 Å². The first-order valence-corrected chi connectivity index (χ1v) is 10.4. The number of aromatic nitrogens is 2. The van der Waals surface area contributed by atoms with E-state index in [1.165, 1.54) is 18.2 Å². The fourth-order valence-corrected chi connectivity index (χ4v) is 4.32. The summed E-state index contributed by atoms with van der Waals surface area (Å²) in [5, 5.41) is 8.88. The molecule has 6 nitrogen and oxygen atoms in total. The maximum absolute atomic E-state index is 13.4. The van der Waals surface area contributed by atoms with Crippen molar-refractivity contribution in [3.8, 4) is 22.6 Å². The molecule has 0 atom stereocenters. The lowest BCUT2D eigenvalue weighted by Crippen LogP contribution is -2.26. The summed E-state index contributed by atoms with van der Waals surface area (Å²) in [4.78, 5) is 7.23. The Morgan fingerprint density at radius 1 is 1.22 bits per heavy atom. The number of imidazole rings is 1. The van der Waals surface area contributed by atoms with Crippen molar-refractivity contribution in [3.05, 3.63) is 57.9 Å². The highest BCUT2D eigenvalue weighted by Gasteiger charge is 2.19. The van der Waals surface area contributed by atoms with E-state index in [0.717, 1.165) is 0 Å². The Hall–Kier alpha value is -1.78. The van der Waals surface area contributed by atoms with Crippen LogP contribution in [0.15, 0.2) is 52.0 Å². The summed E-state index contributed by atoms with van der Waals surface area (Å²) in [5.74, 6) is 0.0575. The van der Waals surface area contributed by atoms with Gasteiger partial charge in [-0.3, -0.25) is 0 Å². The summed E-state index contributed by atoms with van der Waals surface area (Å²) in [6.07, 6.45) is 1.57. The molecule has 3 N–H and O–H groups in total. The highest BCUT2D eigenvalue weighted by atomic mass is 79.9. The summed E-state index contributed by atoms with van der Waals surface area (Å²) in [7, 11) is -3.87. The Morgan fingerprint density at radius 2 is 1.96 bits per heavy atom. The fraction of sp³-hybridized carbons (Fsp3) is 0.118. The summed E-state index contributed by atoms with van der Waals surface area (Å²) >= 11 is 9.17. The van der Waals surface area contributed by atoms with E-state index < -0.39 is 10.0 Å². The molecule has 1 heterocycles. The third-order valence-electron chi connectivity index (χ3n) is 3.70. The highest BCUT2D eigenvalue weighted by molar-refractivity contribution is 9.10. The Balaban J connectivity index is 1.97. The summed E-state index contributed by atoms with van der Waals surface area (Å²) < 4.78 is 40.6. The SMILES string of the molecule is O=S(=O)(NCCO)c1cc(-c2ncc(-c3ccc(F)c(Br)c3)[nH]2)ccc1Cl. The van der Waals surface area contributed by atoms with Gasteiger partial charge in [-0.05, 0) is 52.3 Å². The van der Waals surface area contributed by atoms with Crippen LogP contribution in [0, 0.1) is 5.82 Å². The van der Waals surface area contributed by atoms with Crippen LogP contribution < -0.4 is 4.72 Å². The van der Waals surface area contributed by atoms with E-state index in [0.29, 0.717) is 27.1 Å². The molecule has 0 aliphatic heterocycles. The van der Waals surface area contributed by atoms with Gasteiger partial charge in [-0.1, -0.05) is 11.6 Å². The smallest absolute Gasteiger partial charge is 0.242 e. The van der Waals surface area contributed by atoms with Crippen molar-refractivity contribution in [2.24, 2.45) is 0 Å². The van der Waals surface area contributed by atoms with Gasteiger partial charge in [0.05, 0.1) is 28.0 Å². The minimum atomic E-state index is -3.87. The Morgan fingerprint density at radius 3 is 2.67 bits per heavy atom. The number of rotatable bonds is 6. The number of benzene rings is 2. The standard InChI is InChI=1S/C17H14BrClFN3O3S/c18-12-7-10(2-4-14(12)20)15-9-21-17(23-15)11-1-3-13(19)16(8-11)27(25,26)22-5-6-24/h1-4,7-9,22,24H,5-6H2,(H,21,23). The highest BCUT2D eigenvalue weighted by Crippen LogP contribution is 2.29. The number of halogens is 3. The Kier molecular flexibility index (Phi) is 5.97. The van der Waals surface area contributed by atoms with Gasteiger partial charge in [0.1, 0.15) is 16.5 Å². The molecule has 142 valence electrons. The molecule has 0 saturated carbocycles. The second-order valence-corrected chi connectivity index (χ2v) is 8.54.